The Morgan fingerprint density at radius 2 is 1.56 bits per heavy atom. The van der Waals surface area contributed by atoms with Gasteiger partial charge < -0.3 is 15.0 Å². The van der Waals surface area contributed by atoms with Crippen molar-refractivity contribution < 1.29 is 22.7 Å². The van der Waals surface area contributed by atoms with Gasteiger partial charge in [-0.2, -0.15) is 0 Å². The lowest BCUT2D eigenvalue weighted by Crippen LogP contribution is -2.51. The summed E-state index contributed by atoms with van der Waals surface area (Å²) in [6.07, 6.45) is -0.813. The van der Waals surface area contributed by atoms with Crippen LogP contribution < -0.4 is 19.3 Å². The van der Waals surface area contributed by atoms with Crippen LogP contribution in [0.3, 0.4) is 0 Å². The number of carbonyl (C=O) groups excluding carboxylic acids is 2. The first-order valence-corrected chi connectivity index (χ1v) is 14.8. The summed E-state index contributed by atoms with van der Waals surface area (Å²) in [6, 6.07) is 29.4. The van der Waals surface area contributed by atoms with Crippen LogP contribution in [0.15, 0.2) is 108 Å². The average Bonchev–Trinajstić information content (AvgIpc) is 3.00. The molecule has 1 N–H and O–H groups in total. The van der Waals surface area contributed by atoms with E-state index in [9.17, 15) is 18.0 Å². The Bertz CT molecular complexity index is 1650. The number of para-hydroxylation sites is 2. The van der Waals surface area contributed by atoms with E-state index in [0.29, 0.717) is 34.3 Å². The van der Waals surface area contributed by atoms with E-state index in [-0.39, 0.29) is 29.7 Å². The highest BCUT2D eigenvalue weighted by atomic mass is 35.5. The third-order valence-corrected chi connectivity index (χ3v) is 8.86. The van der Waals surface area contributed by atoms with Crippen molar-refractivity contribution in [2.75, 3.05) is 22.8 Å². The number of ether oxygens (including phenoxy) is 1. The van der Waals surface area contributed by atoms with Crippen molar-refractivity contribution in [1.82, 2.24) is 5.32 Å². The normalized spacial score (nSPS) is 14.5. The molecule has 8 nitrogen and oxygen atoms in total. The molecule has 0 fully saturated rings. The van der Waals surface area contributed by atoms with Gasteiger partial charge in [0.2, 0.25) is 5.91 Å². The Kier molecular flexibility index (Phi) is 8.28. The molecule has 41 heavy (non-hydrogen) atoms. The summed E-state index contributed by atoms with van der Waals surface area (Å²) in [7, 11) is -2.31. The molecule has 4 aromatic carbocycles. The lowest BCUT2D eigenvalue weighted by molar-refractivity contribution is -0.128. The van der Waals surface area contributed by atoms with Crippen LogP contribution in [0.25, 0.3) is 0 Å². The lowest BCUT2D eigenvalue weighted by Gasteiger charge is -2.34. The quantitative estimate of drug-likeness (QED) is 0.318. The fourth-order valence-corrected chi connectivity index (χ4v) is 5.82. The fraction of sp³-hybridized carbons (Fsp3) is 0.161. The molecule has 1 heterocycles. The van der Waals surface area contributed by atoms with Crippen LogP contribution in [0.1, 0.15) is 11.1 Å². The van der Waals surface area contributed by atoms with Crippen molar-refractivity contribution >= 4 is 44.8 Å². The van der Waals surface area contributed by atoms with E-state index >= 15 is 0 Å². The second-order valence-electron chi connectivity index (χ2n) is 9.55. The molecule has 0 aromatic heterocycles. The van der Waals surface area contributed by atoms with Crippen LogP contribution in [-0.4, -0.2) is 39.9 Å². The minimum atomic E-state index is -3.78. The SMILES string of the molecule is CN(c1ccc(CC(=O)N2CC(C(=O)NCc3ccccc3)Oc3ccccc32)cc1)S(=O)(=O)c1ccc(Cl)cc1. The monoisotopic (exact) mass is 589 g/mol. The number of sulfonamides is 1. The van der Waals surface area contributed by atoms with Crippen molar-refractivity contribution in [3.05, 3.63) is 119 Å². The maximum absolute atomic E-state index is 13.5. The Morgan fingerprint density at radius 3 is 2.27 bits per heavy atom. The summed E-state index contributed by atoms with van der Waals surface area (Å²) in [4.78, 5) is 28.2. The molecule has 1 atom stereocenters. The molecule has 10 heteroatoms. The highest BCUT2D eigenvalue weighted by Crippen LogP contribution is 2.34. The van der Waals surface area contributed by atoms with Crippen LogP contribution in [0.5, 0.6) is 5.75 Å². The van der Waals surface area contributed by atoms with Gasteiger partial charge in [-0.15, -0.1) is 0 Å². The van der Waals surface area contributed by atoms with Gasteiger partial charge in [0.05, 0.1) is 29.2 Å². The molecule has 0 saturated carbocycles. The first-order chi connectivity index (χ1) is 19.7. The van der Waals surface area contributed by atoms with E-state index < -0.39 is 16.1 Å². The lowest BCUT2D eigenvalue weighted by atomic mass is 10.1. The number of rotatable bonds is 8. The van der Waals surface area contributed by atoms with Crippen LogP contribution in [-0.2, 0) is 32.6 Å². The molecule has 2 amide bonds. The number of nitrogens with zero attached hydrogens (tertiary/aromatic N) is 2. The van der Waals surface area contributed by atoms with Crippen molar-refractivity contribution in [3.63, 3.8) is 0 Å². The number of amides is 2. The minimum Gasteiger partial charge on any atom is -0.477 e. The van der Waals surface area contributed by atoms with Crippen LogP contribution >= 0.6 is 11.6 Å². The summed E-state index contributed by atoms with van der Waals surface area (Å²) in [5.74, 6) is -0.0664. The number of benzene rings is 4. The molecule has 210 valence electrons. The number of nitrogens with one attached hydrogen (secondary N) is 1. The second-order valence-corrected chi connectivity index (χ2v) is 12.0. The standard InChI is InChI=1S/C31H28ClN3O5S/c1-34(41(38,39)26-17-13-24(32)14-18-26)25-15-11-22(12-16-25)19-30(36)35-21-29(40-28-10-6-5-9-27(28)35)31(37)33-20-23-7-3-2-4-8-23/h2-18,29H,19-21H2,1H3,(H,33,37). The first kappa shape index (κ1) is 28.2. The molecule has 0 aliphatic carbocycles. The van der Waals surface area contributed by atoms with Gasteiger partial charge in [0.1, 0.15) is 5.75 Å². The van der Waals surface area contributed by atoms with Crippen molar-refractivity contribution in [2.24, 2.45) is 0 Å². The highest BCUT2D eigenvalue weighted by Gasteiger charge is 2.33. The largest absolute Gasteiger partial charge is 0.477 e. The van der Waals surface area contributed by atoms with E-state index in [2.05, 4.69) is 5.32 Å². The highest BCUT2D eigenvalue weighted by molar-refractivity contribution is 7.92. The topological polar surface area (TPSA) is 96.0 Å². The number of anilines is 2. The van der Waals surface area contributed by atoms with Gasteiger partial charge in [0.15, 0.2) is 6.10 Å². The Labute approximate surface area is 244 Å². The molecule has 0 saturated heterocycles. The second kappa shape index (κ2) is 12.0. The minimum absolute atomic E-state index is 0.0562. The van der Waals surface area contributed by atoms with Gasteiger partial charge in [-0.05, 0) is 59.7 Å². The molecular weight excluding hydrogens is 562 g/mol. The maximum Gasteiger partial charge on any atom is 0.264 e. The van der Waals surface area contributed by atoms with E-state index in [0.717, 1.165) is 5.56 Å². The molecule has 0 spiro atoms. The number of hydrogen-bond acceptors (Lipinski definition) is 5. The van der Waals surface area contributed by atoms with Crippen LogP contribution in [0, 0.1) is 0 Å². The molecule has 1 aliphatic heterocycles. The van der Waals surface area contributed by atoms with Crippen LogP contribution in [0.2, 0.25) is 5.02 Å². The van der Waals surface area contributed by atoms with E-state index in [4.69, 9.17) is 16.3 Å². The molecule has 0 radical (unpaired) electrons. The summed E-state index contributed by atoms with van der Waals surface area (Å²) in [5.41, 5.74) is 2.70. The molecule has 5 rings (SSSR count). The van der Waals surface area contributed by atoms with E-state index in [1.165, 1.54) is 35.6 Å². The molecule has 1 unspecified atom stereocenters. The average molecular weight is 590 g/mol. The van der Waals surface area contributed by atoms with Gasteiger partial charge in [0, 0.05) is 18.6 Å². The van der Waals surface area contributed by atoms with Crippen molar-refractivity contribution in [3.8, 4) is 5.75 Å². The van der Waals surface area contributed by atoms with Crippen molar-refractivity contribution in [1.29, 1.82) is 0 Å². The van der Waals surface area contributed by atoms with Gasteiger partial charge >= 0.3 is 0 Å². The predicted octanol–water partition coefficient (Wildman–Crippen LogP) is 4.82. The zero-order valence-electron chi connectivity index (χ0n) is 22.2. The number of fused-ring (bicyclic) bond motifs is 1. The van der Waals surface area contributed by atoms with E-state index in [1.807, 2.05) is 36.4 Å². The fourth-order valence-electron chi connectivity index (χ4n) is 4.50. The molecular formula is C31H28ClN3O5S. The predicted molar refractivity (Wildman–Crippen MR) is 159 cm³/mol. The third-order valence-electron chi connectivity index (χ3n) is 6.80. The zero-order chi connectivity index (χ0) is 29.0. The zero-order valence-corrected chi connectivity index (χ0v) is 23.8. The Hall–Kier alpha value is -4.34. The van der Waals surface area contributed by atoms with Crippen LogP contribution in [0.4, 0.5) is 11.4 Å². The first-order valence-electron chi connectivity index (χ1n) is 12.9. The van der Waals surface area contributed by atoms with Crippen molar-refractivity contribution in [2.45, 2.75) is 24.0 Å². The number of halogens is 1. The third kappa shape index (κ3) is 6.37. The Balaban J connectivity index is 1.28. The number of carbonyl (C=O) groups is 2. The number of hydrogen-bond donors (Lipinski definition) is 1. The van der Waals surface area contributed by atoms with Gasteiger partial charge in [-0.25, -0.2) is 8.42 Å². The summed E-state index contributed by atoms with van der Waals surface area (Å²) >= 11 is 5.90. The smallest absolute Gasteiger partial charge is 0.264 e. The van der Waals surface area contributed by atoms with E-state index in [1.54, 1.807) is 47.4 Å². The summed E-state index contributed by atoms with van der Waals surface area (Å²) < 4.78 is 33.2. The summed E-state index contributed by atoms with van der Waals surface area (Å²) in [6.45, 7) is 0.417. The van der Waals surface area contributed by atoms with Gasteiger partial charge in [0.25, 0.3) is 15.9 Å². The maximum atomic E-state index is 13.5. The molecule has 1 aliphatic rings. The molecule has 4 aromatic rings. The van der Waals surface area contributed by atoms with Gasteiger partial charge in [-0.1, -0.05) is 66.2 Å². The molecule has 0 bridgehead atoms. The Morgan fingerprint density at radius 1 is 0.902 bits per heavy atom. The summed E-state index contributed by atoms with van der Waals surface area (Å²) in [5, 5.41) is 3.34. The van der Waals surface area contributed by atoms with Gasteiger partial charge in [-0.3, -0.25) is 13.9 Å².